The van der Waals surface area contributed by atoms with E-state index in [1.54, 1.807) is 13.1 Å². The number of aliphatic hydroxyl groups is 3. The summed E-state index contributed by atoms with van der Waals surface area (Å²) in [5, 5.41) is 29.0. The van der Waals surface area contributed by atoms with Gasteiger partial charge in [0.05, 0.1) is 25.6 Å². The Labute approximate surface area is 135 Å². The van der Waals surface area contributed by atoms with Crippen molar-refractivity contribution in [3.05, 3.63) is 27.3 Å². The van der Waals surface area contributed by atoms with Crippen LogP contribution in [0.2, 0.25) is 5.02 Å². The van der Waals surface area contributed by atoms with Gasteiger partial charge >= 0.3 is 0 Å². The minimum atomic E-state index is -1.42. The van der Waals surface area contributed by atoms with E-state index in [1.807, 2.05) is 0 Å². The van der Waals surface area contributed by atoms with E-state index in [9.17, 15) is 20.1 Å². The number of aliphatic hydroxyl groups excluding tert-OH is 3. The van der Waals surface area contributed by atoms with Gasteiger partial charge in [0.25, 0.3) is 5.56 Å². The number of hydrogen-bond acceptors (Lipinski definition) is 7. The fraction of sp³-hybridized carbons (Fsp3) is 0.538. The lowest BCUT2D eigenvalue weighted by Crippen LogP contribution is -2.38. The molecule has 0 aromatic carbocycles. The highest BCUT2D eigenvalue weighted by Gasteiger charge is 2.45. The van der Waals surface area contributed by atoms with Gasteiger partial charge in [-0.2, -0.15) is 0 Å². The van der Waals surface area contributed by atoms with Crippen molar-refractivity contribution >= 4 is 17.2 Å². The maximum absolute atomic E-state index is 12.6. The van der Waals surface area contributed by atoms with E-state index in [0.29, 0.717) is 5.69 Å². The summed E-state index contributed by atoms with van der Waals surface area (Å²) in [4.78, 5) is 16.8. The second-order valence-electron chi connectivity index (χ2n) is 5.28. The number of aromatic nitrogens is 3. The lowest BCUT2D eigenvalue weighted by Gasteiger charge is -2.20. The maximum atomic E-state index is 12.6. The van der Waals surface area contributed by atoms with Crippen LogP contribution < -0.4 is 10.3 Å². The van der Waals surface area contributed by atoms with E-state index in [0.717, 1.165) is 4.68 Å². The van der Waals surface area contributed by atoms with Crippen molar-refractivity contribution in [1.82, 2.24) is 14.2 Å². The lowest BCUT2D eigenvalue weighted by molar-refractivity contribution is -0.0628. The van der Waals surface area contributed by atoms with Crippen LogP contribution in [0.5, 0.6) is 5.75 Å². The van der Waals surface area contributed by atoms with Gasteiger partial charge in [0.1, 0.15) is 18.3 Å². The summed E-state index contributed by atoms with van der Waals surface area (Å²) < 4.78 is 12.9. The zero-order valence-electron chi connectivity index (χ0n) is 12.4. The van der Waals surface area contributed by atoms with Crippen molar-refractivity contribution in [3.63, 3.8) is 0 Å². The van der Waals surface area contributed by atoms with E-state index in [4.69, 9.17) is 21.1 Å². The molecule has 0 bridgehead atoms. The quantitative estimate of drug-likeness (QED) is 0.658. The van der Waals surface area contributed by atoms with Gasteiger partial charge in [-0.25, -0.2) is 14.2 Å². The van der Waals surface area contributed by atoms with Gasteiger partial charge in [-0.3, -0.25) is 4.79 Å². The summed E-state index contributed by atoms with van der Waals surface area (Å²) in [6.45, 7) is 1.21. The summed E-state index contributed by atoms with van der Waals surface area (Å²) in [7, 11) is 1.36. The Balaban J connectivity index is 2.26. The van der Waals surface area contributed by atoms with Crippen LogP contribution in [0.4, 0.5) is 0 Å². The third-order valence-corrected chi connectivity index (χ3v) is 4.13. The highest BCUT2D eigenvalue weighted by molar-refractivity contribution is 6.32. The van der Waals surface area contributed by atoms with Crippen molar-refractivity contribution in [3.8, 4) is 5.75 Å². The third kappa shape index (κ3) is 2.32. The van der Waals surface area contributed by atoms with E-state index in [2.05, 4.69) is 4.98 Å². The Bertz CT molecular complexity index is 803. The molecule has 23 heavy (non-hydrogen) atoms. The molecule has 3 rings (SSSR count). The number of hydrogen-bond donors (Lipinski definition) is 3. The fourth-order valence-electron chi connectivity index (χ4n) is 2.70. The Morgan fingerprint density at radius 2 is 2.13 bits per heavy atom. The van der Waals surface area contributed by atoms with Crippen LogP contribution in [0.1, 0.15) is 11.9 Å². The van der Waals surface area contributed by atoms with E-state index in [1.165, 1.54) is 11.6 Å². The molecule has 126 valence electrons. The molecule has 10 heteroatoms. The van der Waals surface area contributed by atoms with Crippen molar-refractivity contribution < 1.29 is 24.8 Å². The largest absolute Gasteiger partial charge is 0.491 e. The first-order chi connectivity index (χ1) is 10.9. The number of fused-ring (bicyclic) bond motifs is 1. The predicted octanol–water partition coefficient (Wildman–Crippen LogP) is -0.922. The molecule has 1 saturated heterocycles. The minimum Gasteiger partial charge on any atom is -0.491 e. The number of ether oxygens (including phenoxy) is 2. The van der Waals surface area contributed by atoms with Gasteiger partial charge in [-0.1, -0.05) is 11.6 Å². The molecule has 1 fully saturated rings. The van der Waals surface area contributed by atoms with Crippen LogP contribution in [-0.4, -0.2) is 61.5 Å². The molecule has 0 spiro atoms. The van der Waals surface area contributed by atoms with Crippen molar-refractivity contribution in [2.75, 3.05) is 13.7 Å². The molecule has 0 amide bonds. The molecule has 2 aromatic rings. The number of nitrogens with zero attached hydrogens (tertiary/aromatic N) is 3. The first-order valence-electron chi connectivity index (χ1n) is 6.87. The monoisotopic (exact) mass is 345 g/mol. The molecule has 3 N–H and O–H groups in total. The molecule has 1 aliphatic heterocycles. The highest BCUT2D eigenvalue weighted by atomic mass is 35.5. The molecule has 2 aromatic heterocycles. The molecule has 0 saturated carbocycles. The SMILES string of the molecule is COc1c(Cl)c(=O)n([C@@H]2O[C@H](CO)[C@@H](O)[C@H]2O)n2cc(C)nc12. The molecular formula is C13H16ClN3O6. The molecular weight excluding hydrogens is 330 g/mol. The zero-order chi connectivity index (χ0) is 16.9. The average Bonchev–Trinajstić information content (AvgIpc) is 3.03. The topological polar surface area (TPSA) is 118 Å². The molecule has 4 atom stereocenters. The molecule has 0 unspecified atom stereocenters. The van der Waals surface area contributed by atoms with Crippen molar-refractivity contribution in [2.24, 2.45) is 0 Å². The van der Waals surface area contributed by atoms with Gasteiger partial charge in [0, 0.05) is 0 Å². The Morgan fingerprint density at radius 3 is 2.70 bits per heavy atom. The summed E-state index contributed by atoms with van der Waals surface area (Å²) in [6.07, 6.45) is -3.45. The smallest absolute Gasteiger partial charge is 0.290 e. The first-order valence-corrected chi connectivity index (χ1v) is 7.25. The molecule has 9 nitrogen and oxygen atoms in total. The standard InChI is InChI=1S/C13H16ClN3O6/c1-5-3-16-11(15-5)10(22-2)7(14)12(21)17(16)13-9(20)8(19)6(4-18)23-13/h3,6,8-9,13,18-20H,4H2,1-2H3/t6-,8-,9-,13-/m1/s1. The minimum absolute atomic E-state index is 0.104. The Kier molecular flexibility index (Phi) is 4.07. The zero-order valence-corrected chi connectivity index (χ0v) is 13.1. The van der Waals surface area contributed by atoms with Gasteiger partial charge in [0.15, 0.2) is 22.6 Å². The maximum Gasteiger partial charge on any atom is 0.290 e. The van der Waals surface area contributed by atoms with Gasteiger partial charge in [-0.15, -0.1) is 0 Å². The Morgan fingerprint density at radius 1 is 1.43 bits per heavy atom. The van der Waals surface area contributed by atoms with Crippen molar-refractivity contribution in [2.45, 2.75) is 31.5 Å². The highest BCUT2D eigenvalue weighted by Crippen LogP contribution is 2.32. The van der Waals surface area contributed by atoms with Gasteiger partial charge < -0.3 is 24.8 Å². The lowest BCUT2D eigenvalue weighted by atomic mass is 10.1. The van der Waals surface area contributed by atoms with Crippen molar-refractivity contribution in [1.29, 1.82) is 0 Å². The summed E-state index contributed by atoms with van der Waals surface area (Å²) in [5.41, 5.74) is 0.182. The van der Waals surface area contributed by atoms with E-state index >= 15 is 0 Å². The van der Waals surface area contributed by atoms with Crippen LogP contribution in [-0.2, 0) is 4.74 Å². The number of rotatable bonds is 3. The predicted molar refractivity (Wildman–Crippen MR) is 78.8 cm³/mol. The van der Waals surface area contributed by atoms with Crippen LogP contribution in [0.15, 0.2) is 11.0 Å². The van der Waals surface area contributed by atoms with Gasteiger partial charge in [0.2, 0.25) is 0 Å². The summed E-state index contributed by atoms with van der Waals surface area (Å²) in [6, 6.07) is 0. The third-order valence-electron chi connectivity index (χ3n) is 3.80. The second-order valence-corrected chi connectivity index (χ2v) is 5.65. The van der Waals surface area contributed by atoms with Crippen LogP contribution in [0.3, 0.4) is 0 Å². The molecule has 3 heterocycles. The van der Waals surface area contributed by atoms with E-state index in [-0.39, 0.29) is 16.4 Å². The molecule has 0 radical (unpaired) electrons. The van der Waals surface area contributed by atoms with Crippen LogP contribution in [0, 0.1) is 6.92 Å². The number of methoxy groups -OCH3 is 1. The van der Waals surface area contributed by atoms with Crippen LogP contribution >= 0.6 is 11.6 Å². The second kappa shape index (κ2) is 5.77. The number of aryl methyl sites for hydroxylation is 1. The fourth-order valence-corrected chi connectivity index (χ4v) is 2.95. The summed E-state index contributed by atoms with van der Waals surface area (Å²) in [5.74, 6) is 0.104. The summed E-state index contributed by atoms with van der Waals surface area (Å²) >= 11 is 6.06. The first kappa shape index (κ1) is 16.2. The number of imidazole rings is 1. The Hall–Kier alpha value is -1.65. The van der Waals surface area contributed by atoms with Gasteiger partial charge in [-0.05, 0) is 6.92 Å². The average molecular weight is 346 g/mol. The number of halogens is 1. The molecule has 0 aliphatic carbocycles. The normalized spacial score (nSPS) is 27.7. The van der Waals surface area contributed by atoms with E-state index < -0.39 is 36.7 Å². The molecule has 1 aliphatic rings. The van der Waals surface area contributed by atoms with Crippen LogP contribution in [0.25, 0.3) is 5.65 Å².